The molecule has 18 heavy (non-hydrogen) atoms. The highest BCUT2D eigenvalue weighted by Crippen LogP contribution is 2.31. The lowest BCUT2D eigenvalue weighted by atomic mass is 10.0. The first-order valence-corrected chi connectivity index (χ1v) is 6.76. The molecule has 1 fully saturated rings. The van der Waals surface area contributed by atoms with E-state index in [9.17, 15) is 0 Å². The summed E-state index contributed by atoms with van der Waals surface area (Å²) >= 11 is 0. The topological polar surface area (TPSA) is 35.2 Å². The van der Waals surface area contributed by atoms with Crippen molar-refractivity contribution < 1.29 is 4.74 Å². The molecule has 2 nitrogen and oxygen atoms in total. The molecule has 0 heterocycles. The van der Waals surface area contributed by atoms with Crippen LogP contribution in [0.5, 0.6) is 5.75 Å². The molecule has 3 rings (SSSR count). The molecule has 0 bridgehead atoms. The highest BCUT2D eigenvalue weighted by atomic mass is 16.5. The minimum Gasteiger partial charge on any atom is -0.490 e. The van der Waals surface area contributed by atoms with Crippen LogP contribution >= 0.6 is 0 Å². The van der Waals surface area contributed by atoms with Gasteiger partial charge in [0, 0.05) is 11.9 Å². The van der Waals surface area contributed by atoms with E-state index in [0.717, 1.165) is 5.75 Å². The standard InChI is InChI=1S/C16H19NO/c17-11-12-9-10-16(18-13-5-1-2-6-13)15-8-4-3-7-14(12)15/h3-4,7-10,13H,1-2,5-6,11,17H2. The van der Waals surface area contributed by atoms with Crippen LogP contribution in [-0.4, -0.2) is 6.10 Å². The van der Waals surface area contributed by atoms with E-state index in [1.54, 1.807) is 0 Å². The molecule has 2 aromatic rings. The molecule has 0 amide bonds. The third-order valence-corrected chi connectivity index (χ3v) is 3.79. The van der Waals surface area contributed by atoms with Gasteiger partial charge in [-0.05, 0) is 42.7 Å². The fraction of sp³-hybridized carbons (Fsp3) is 0.375. The van der Waals surface area contributed by atoms with Crippen molar-refractivity contribution in [2.75, 3.05) is 0 Å². The molecule has 0 aromatic heterocycles. The van der Waals surface area contributed by atoms with Gasteiger partial charge in [-0.1, -0.05) is 30.3 Å². The molecule has 0 atom stereocenters. The van der Waals surface area contributed by atoms with Gasteiger partial charge in [-0.2, -0.15) is 0 Å². The molecular formula is C16H19NO. The van der Waals surface area contributed by atoms with Gasteiger partial charge in [-0.25, -0.2) is 0 Å². The lowest BCUT2D eigenvalue weighted by molar-refractivity contribution is 0.213. The van der Waals surface area contributed by atoms with E-state index in [0.29, 0.717) is 12.6 Å². The maximum atomic E-state index is 6.15. The largest absolute Gasteiger partial charge is 0.490 e. The van der Waals surface area contributed by atoms with Crippen LogP contribution in [0.3, 0.4) is 0 Å². The Morgan fingerprint density at radius 1 is 1.00 bits per heavy atom. The third-order valence-electron chi connectivity index (χ3n) is 3.79. The van der Waals surface area contributed by atoms with Gasteiger partial charge in [0.2, 0.25) is 0 Å². The molecule has 0 radical (unpaired) electrons. The molecule has 0 spiro atoms. The Balaban J connectivity index is 2.01. The summed E-state index contributed by atoms with van der Waals surface area (Å²) in [4.78, 5) is 0. The summed E-state index contributed by atoms with van der Waals surface area (Å²) in [6, 6.07) is 12.5. The SMILES string of the molecule is NCc1ccc(OC2CCCC2)c2ccccc12. The van der Waals surface area contributed by atoms with Crippen molar-refractivity contribution in [1.29, 1.82) is 0 Å². The molecule has 2 heteroatoms. The Morgan fingerprint density at radius 2 is 1.72 bits per heavy atom. The van der Waals surface area contributed by atoms with Crippen LogP contribution in [0, 0.1) is 0 Å². The number of hydrogen-bond donors (Lipinski definition) is 1. The summed E-state index contributed by atoms with van der Waals surface area (Å²) < 4.78 is 6.15. The van der Waals surface area contributed by atoms with Crippen LogP contribution in [0.15, 0.2) is 36.4 Å². The van der Waals surface area contributed by atoms with Crippen molar-refractivity contribution in [3.8, 4) is 5.75 Å². The van der Waals surface area contributed by atoms with Gasteiger partial charge in [0.1, 0.15) is 5.75 Å². The molecule has 2 N–H and O–H groups in total. The average molecular weight is 241 g/mol. The fourth-order valence-corrected chi connectivity index (χ4v) is 2.80. The van der Waals surface area contributed by atoms with Crippen LogP contribution in [-0.2, 0) is 6.54 Å². The van der Waals surface area contributed by atoms with Gasteiger partial charge in [0.25, 0.3) is 0 Å². The first kappa shape index (κ1) is 11.5. The number of benzene rings is 2. The van der Waals surface area contributed by atoms with E-state index in [4.69, 9.17) is 10.5 Å². The van der Waals surface area contributed by atoms with Crippen molar-refractivity contribution in [2.24, 2.45) is 5.73 Å². The Bertz CT molecular complexity index is 544. The second kappa shape index (κ2) is 4.99. The first-order valence-electron chi connectivity index (χ1n) is 6.76. The number of hydrogen-bond acceptors (Lipinski definition) is 2. The Hall–Kier alpha value is -1.54. The Morgan fingerprint density at radius 3 is 2.44 bits per heavy atom. The zero-order chi connectivity index (χ0) is 12.4. The molecule has 1 aliphatic rings. The Labute approximate surface area is 108 Å². The van der Waals surface area contributed by atoms with E-state index < -0.39 is 0 Å². The molecular weight excluding hydrogens is 222 g/mol. The second-order valence-electron chi connectivity index (χ2n) is 5.00. The summed E-state index contributed by atoms with van der Waals surface area (Å²) in [5.41, 5.74) is 6.97. The summed E-state index contributed by atoms with van der Waals surface area (Å²) in [6.07, 6.45) is 5.37. The smallest absolute Gasteiger partial charge is 0.127 e. The molecule has 1 aliphatic carbocycles. The van der Waals surface area contributed by atoms with E-state index in [1.165, 1.54) is 42.0 Å². The van der Waals surface area contributed by atoms with E-state index in [2.05, 4.69) is 36.4 Å². The lowest BCUT2D eigenvalue weighted by Gasteiger charge is -2.16. The third kappa shape index (κ3) is 2.08. The molecule has 1 saturated carbocycles. The zero-order valence-corrected chi connectivity index (χ0v) is 10.6. The van der Waals surface area contributed by atoms with Gasteiger partial charge in [-0.15, -0.1) is 0 Å². The summed E-state index contributed by atoms with van der Waals surface area (Å²) in [7, 11) is 0. The first-order chi connectivity index (χ1) is 8.88. The monoisotopic (exact) mass is 241 g/mol. The van der Waals surface area contributed by atoms with E-state index in [1.807, 2.05) is 0 Å². The van der Waals surface area contributed by atoms with Crippen LogP contribution < -0.4 is 10.5 Å². The zero-order valence-electron chi connectivity index (χ0n) is 10.6. The van der Waals surface area contributed by atoms with Gasteiger partial charge >= 0.3 is 0 Å². The quantitative estimate of drug-likeness (QED) is 0.890. The van der Waals surface area contributed by atoms with Crippen LogP contribution in [0.2, 0.25) is 0 Å². The number of nitrogens with two attached hydrogens (primary N) is 1. The summed E-state index contributed by atoms with van der Waals surface area (Å²) in [5, 5.41) is 2.41. The predicted molar refractivity (Wildman–Crippen MR) is 74.7 cm³/mol. The highest BCUT2D eigenvalue weighted by molar-refractivity contribution is 5.91. The lowest BCUT2D eigenvalue weighted by Crippen LogP contribution is -2.11. The fourth-order valence-electron chi connectivity index (χ4n) is 2.80. The Kier molecular flexibility index (Phi) is 3.20. The van der Waals surface area contributed by atoms with Gasteiger partial charge in [0.15, 0.2) is 0 Å². The molecule has 0 saturated heterocycles. The van der Waals surface area contributed by atoms with Gasteiger partial charge in [-0.3, -0.25) is 0 Å². The van der Waals surface area contributed by atoms with Crippen LogP contribution in [0.1, 0.15) is 31.2 Å². The van der Waals surface area contributed by atoms with Crippen molar-refractivity contribution in [2.45, 2.75) is 38.3 Å². The number of rotatable bonds is 3. The average Bonchev–Trinajstić information content (AvgIpc) is 2.92. The summed E-state index contributed by atoms with van der Waals surface area (Å²) in [6.45, 7) is 0.574. The van der Waals surface area contributed by atoms with Crippen molar-refractivity contribution >= 4 is 10.8 Å². The summed E-state index contributed by atoms with van der Waals surface area (Å²) in [5.74, 6) is 1.01. The van der Waals surface area contributed by atoms with Crippen LogP contribution in [0.4, 0.5) is 0 Å². The minimum atomic E-state index is 0.400. The van der Waals surface area contributed by atoms with Gasteiger partial charge in [0.05, 0.1) is 6.10 Å². The van der Waals surface area contributed by atoms with E-state index in [-0.39, 0.29) is 0 Å². The normalized spacial score (nSPS) is 16.3. The molecule has 2 aromatic carbocycles. The minimum absolute atomic E-state index is 0.400. The molecule has 0 aliphatic heterocycles. The van der Waals surface area contributed by atoms with Gasteiger partial charge < -0.3 is 10.5 Å². The van der Waals surface area contributed by atoms with Crippen LogP contribution in [0.25, 0.3) is 10.8 Å². The van der Waals surface area contributed by atoms with Crippen molar-refractivity contribution in [1.82, 2.24) is 0 Å². The number of ether oxygens (including phenoxy) is 1. The predicted octanol–water partition coefficient (Wildman–Crippen LogP) is 3.62. The highest BCUT2D eigenvalue weighted by Gasteiger charge is 2.17. The molecule has 94 valence electrons. The molecule has 0 unspecified atom stereocenters. The van der Waals surface area contributed by atoms with Crippen molar-refractivity contribution in [3.63, 3.8) is 0 Å². The van der Waals surface area contributed by atoms with Crippen molar-refractivity contribution in [3.05, 3.63) is 42.0 Å². The maximum Gasteiger partial charge on any atom is 0.127 e. The maximum absolute atomic E-state index is 6.15. The second-order valence-corrected chi connectivity index (χ2v) is 5.00. The number of fused-ring (bicyclic) bond motifs is 1. The van der Waals surface area contributed by atoms with E-state index >= 15 is 0 Å².